The highest BCUT2D eigenvalue weighted by Crippen LogP contribution is 2.45. The molecule has 0 radical (unpaired) electrons. The fourth-order valence-corrected chi connectivity index (χ4v) is 5.07. The van der Waals surface area contributed by atoms with E-state index in [0.717, 1.165) is 4.88 Å². The third-order valence-electron chi connectivity index (χ3n) is 5.78. The first kappa shape index (κ1) is 21.3. The van der Waals surface area contributed by atoms with Crippen LogP contribution in [0.4, 0.5) is 5.69 Å². The molecular formula is C23H22N4O5S. The summed E-state index contributed by atoms with van der Waals surface area (Å²) in [6.45, 7) is 3.98. The van der Waals surface area contributed by atoms with E-state index < -0.39 is 11.6 Å². The molecule has 2 aliphatic heterocycles. The Morgan fingerprint density at radius 1 is 1.24 bits per heavy atom. The number of nitrogens with zero attached hydrogens (tertiary/aromatic N) is 4. The molecule has 33 heavy (non-hydrogen) atoms. The quantitative estimate of drug-likeness (QED) is 0.512. The minimum Gasteiger partial charge on any atom is -0.454 e. The highest BCUT2D eigenvalue weighted by molar-refractivity contribution is 7.13. The summed E-state index contributed by atoms with van der Waals surface area (Å²) in [5, 5.41) is 5.78. The van der Waals surface area contributed by atoms with Crippen molar-refractivity contribution in [3.63, 3.8) is 0 Å². The summed E-state index contributed by atoms with van der Waals surface area (Å²) in [6, 6.07) is 10.6. The Balaban J connectivity index is 1.47. The van der Waals surface area contributed by atoms with Gasteiger partial charge in [0.05, 0.1) is 16.1 Å². The van der Waals surface area contributed by atoms with E-state index in [-0.39, 0.29) is 43.0 Å². The van der Waals surface area contributed by atoms with Crippen molar-refractivity contribution in [1.29, 1.82) is 0 Å². The first-order valence-corrected chi connectivity index (χ1v) is 11.6. The Kier molecular flexibility index (Phi) is 5.24. The zero-order chi connectivity index (χ0) is 23.2. The molecule has 1 aromatic carbocycles. The van der Waals surface area contributed by atoms with Gasteiger partial charge in [-0.15, -0.1) is 11.3 Å². The van der Waals surface area contributed by atoms with E-state index in [9.17, 15) is 14.4 Å². The minimum atomic E-state index is -1.53. The number of esters is 1. The molecule has 2 amide bonds. The van der Waals surface area contributed by atoms with Crippen LogP contribution in [-0.2, 0) is 20.9 Å². The van der Waals surface area contributed by atoms with Crippen LogP contribution in [0.2, 0.25) is 0 Å². The van der Waals surface area contributed by atoms with Gasteiger partial charge in [0.25, 0.3) is 11.8 Å². The number of aromatic nitrogens is 2. The number of benzene rings is 1. The van der Waals surface area contributed by atoms with Crippen LogP contribution < -0.4 is 4.90 Å². The molecule has 10 heteroatoms. The molecule has 1 saturated heterocycles. The fraction of sp³-hybridized carbons (Fsp3) is 0.348. The van der Waals surface area contributed by atoms with E-state index in [1.54, 1.807) is 24.3 Å². The largest absolute Gasteiger partial charge is 0.454 e. The van der Waals surface area contributed by atoms with Crippen LogP contribution in [0.25, 0.3) is 10.8 Å². The number of fused-ring (bicyclic) bond motifs is 3. The van der Waals surface area contributed by atoms with E-state index in [0.29, 0.717) is 23.7 Å². The molecule has 170 valence electrons. The zero-order valence-corrected chi connectivity index (χ0v) is 19.0. The maximum Gasteiger partial charge on any atom is 0.354 e. The molecule has 0 saturated carbocycles. The molecule has 1 fully saturated rings. The highest BCUT2D eigenvalue weighted by Gasteiger charge is 2.62. The average Bonchev–Trinajstić information content (AvgIpc) is 3.55. The molecule has 2 aliphatic rings. The van der Waals surface area contributed by atoms with Crippen LogP contribution in [0.15, 0.2) is 46.3 Å². The Hall–Kier alpha value is -3.53. The summed E-state index contributed by atoms with van der Waals surface area (Å²) >= 11 is 1.46. The lowest BCUT2D eigenvalue weighted by Gasteiger charge is -2.48. The number of thiophene rings is 1. The summed E-state index contributed by atoms with van der Waals surface area (Å²) in [5.74, 6) is -0.569. The van der Waals surface area contributed by atoms with Gasteiger partial charge in [-0.2, -0.15) is 4.98 Å². The van der Waals surface area contributed by atoms with Crippen molar-refractivity contribution in [3.05, 3.63) is 53.2 Å². The molecule has 3 aromatic rings. The molecule has 1 unspecified atom stereocenters. The third kappa shape index (κ3) is 3.41. The number of carbonyl (C=O) groups excluding carboxylic acids is 3. The summed E-state index contributed by atoms with van der Waals surface area (Å²) in [5.41, 5.74) is -0.704. The number of hydrogen-bond acceptors (Lipinski definition) is 8. The normalized spacial score (nSPS) is 19.7. The van der Waals surface area contributed by atoms with Crippen molar-refractivity contribution in [1.82, 2.24) is 15.0 Å². The molecule has 0 spiro atoms. The first-order valence-electron chi connectivity index (χ1n) is 10.7. The number of amides is 2. The number of hydrogen-bond donors (Lipinski definition) is 0. The van der Waals surface area contributed by atoms with Gasteiger partial charge in [0.2, 0.25) is 17.4 Å². The van der Waals surface area contributed by atoms with Gasteiger partial charge >= 0.3 is 5.97 Å². The van der Waals surface area contributed by atoms with Crippen LogP contribution in [0.3, 0.4) is 0 Å². The summed E-state index contributed by atoms with van der Waals surface area (Å²) < 4.78 is 10.9. The number of anilines is 1. The smallest absolute Gasteiger partial charge is 0.354 e. The van der Waals surface area contributed by atoms with E-state index in [2.05, 4.69) is 10.1 Å². The molecule has 1 atom stereocenters. The number of ether oxygens (including phenoxy) is 1. The molecular weight excluding hydrogens is 444 g/mol. The zero-order valence-electron chi connectivity index (χ0n) is 18.2. The highest BCUT2D eigenvalue weighted by atomic mass is 32.1. The second kappa shape index (κ2) is 8.11. The number of carbonyl (C=O) groups is 3. The van der Waals surface area contributed by atoms with Gasteiger partial charge in [-0.25, -0.2) is 4.79 Å². The molecule has 9 nitrogen and oxygen atoms in total. The van der Waals surface area contributed by atoms with Crippen molar-refractivity contribution in [2.75, 3.05) is 11.4 Å². The van der Waals surface area contributed by atoms with E-state index in [4.69, 9.17) is 9.26 Å². The van der Waals surface area contributed by atoms with Crippen molar-refractivity contribution < 1.29 is 23.6 Å². The predicted octanol–water partition coefficient (Wildman–Crippen LogP) is 3.48. The van der Waals surface area contributed by atoms with Crippen LogP contribution in [-0.4, -0.2) is 45.0 Å². The maximum absolute atomic E-state index is 13.6. The van der Waals surface area contributed by atoms with Gasteiger partial charge in [-0.05, 0) is 29.5 Å². The topological polar surface area (TPSA) is 106 Å². The molecule has 4 heterocycles. The Morgan fingerprint density at radius 2 is 2.06 bits per heavy atom. The van der Waals surface area contributed by atoms with Crippen molar-refractivity contribution in [2.45, 2.75) is 39.0 Å². The average molecular weight is 467 g/mol. The Morgan fingerprint density at radius 3 is 2.82 bits per heavy atom. The Labute approximate surface area is 193 Å². The van der Waals surface area contributed by atoms with Crippen LogP contribution in [0, 0.1) is 5.92 Å². The minimum absolute atomic E-state index is 0.0759. The first-order chi connectivity index (χ1) is 15.9. The maximum atomic E-state index is 13.6. The SMILES string of the molecule is CC(C)CN1C(=O)c2ccccc2N2C(=O)CCC12C(=O)OCc1noc(-c2cccs2)n1. The monoisotopic (exact) mass is 466 g/mol. The predicted molar refractivity (Wildman–Crippen MR) is 119 cm³/mol. The molecule has 0 bridgehead atoms. The lowest BCUT2D eigenvalue weighted by molar-refractivity contribution is -0.159. The van der Waals surface area contributed by atoms with Gasteiger partial charge in [-0.3, -0.25) is 14.5 Å². The van der Waals surface area contributed by atoms with Crippen LogP contribution in [0.5, 0.6) is 0 Å². The van der Waals surface area contributed by atoms with Gasteiger partial charge in [-0.1, -0.05) is 37.2 Å². The van der Waals surface area contributed by atoms with Crippen LogP contribution >= 0.6 is 11.3 Å². The van der Waals surface area contributed by atoms with Crippen LogP contribution in [0.1, 0.15) is 42.9 Å². The van der Waals surface area contributed by atoms with E-state index in [1.165, 1.54) is 21.1 Å². The summed E-state index contributed by atoms with van der Waals surface area (Å²) in [6.07, 6.45) is 0.292. The molecule has 5 rings (SSSR count). The van der Waals surface area contributed by atoms with Crippen molar-refractivity contribution >= 4 is 34.8 Å². The standard InChI is InChI=1S/C23H22N4O5S/c1-14(2)12-26-21(29)15-6-3-4-7-16(15)27-19(28)9-10-23(26,27)22(30)31-13-18-24-20(32-25-18)17-8-5-11-33-17/h3-8,11,14H,9-10,12-13H2,1-2H3. The van der Waals surface area contributed by atoms with E-state index >= 15 is 0 Å². The Bertz CT molecular complexity index is 1220. The van der Waals surface area contributed by atoms with Gasteiger partial charge in [0.15, 0.2) is 6.61 Å². The second-order valence-corrected chi connectivity index (χ2v) is 9.39. The molecule has 0 N–H and O–H groups in total. The van der Waals surface area contributed by atoms with Crippen molar-refractivity contribution in [3.8, 4) is 10.8 Å². The van der Waals surface area contributed by atoms with Gasteiger partial charge < -0.3 is 14.2 Å². The summed E-state index contributed by atoms with van der Waals surface area (Å²) in [4.78, 5) is 48.0. The number of para-hydroxylation sites is 1. The number of rotatable bonds is 6. The van der Waals surface area contributed by atoms with Crippen molar-refractivity contribution in [2.24, 2.45) is 5.92 Å². The fourth-order valence-electron chi connectivity index (χ4n) is 4.42. The molecule has 0 aliphatic carbocycles. The lowest BCUT2D eigenvalue weighted by Crippen LogP contribution is -2.69. The second-order valence-electron chi connectivity index (χ2n) is 8.44. The lowest BCUT2D eigenvalue weighted by atomic mass is 9.95. The summed E-state index contributed by atoms with van der Waals surface area (Å²) in [7, 11) is 0. The molecule has 2 aromatic heterocycles. The van der Waals surface area contributed by atoms with Gasteiger partial charge in [0.1, 0.15) is 0 Å². The van der Waals surface area contributed by atoms with E-state index in [1.807, 2.05) is 31.4 Å². The third-order valence-corrected chi connectivity index (χ3v) is 6.64. The van der Waals surface area contributed by atoms with Gasteiger partial charge in [0, 0.05) is 19.4 Å².